The van der Waals surface area contributed by atoms with Crippen LogP contribution in [0.2, 0.25) is 0 Å². The molecule has 0 radical (unpaired) electrons. The van der Waals surface area contributed by atoms with Crippen molar-refractivity contribution in [3.63, 3.8) is 0 Å². The molecule has 0 fully saturated rings. The first-order valence-electron chi connectivity index (χ1n) is 5.03. The van der Waals surface area contributed by atoms with Crippen LogP contribution in [0.1, 0.15) is 41.0 Å². The Morgan fingerprint density at radius 1 is 1.25 bits per heavy atom. The van der Waals surface area contributed by atoms with Gasteiger partial charge in [0.05, 0.1) is 0 Å². The lowest BCUT2D eigenvalue weighted by Crippen LogP contribution is -2.32. The summed E-state index contributed by atoms with van der Waals surface area (Å²) in [4.78, 5) is 2.44. The molecule has 0 aromatic rings. The molecule has 1 heteroatoms. The molecule has 0 saturated carbocycles. The average molecular weight is 171 g/mol. The van der Waals surface area contributed by atoms with Crippen LogP contribution in [0.25, 0.3) is 0 Å². The van der Waals surface area contributed by atoms with E-state index in [1.54, 1.807) is 0 Å². The molecule has 0 saturated heterocycles. The lowest BCUT2D eigenvalue weighted by atomic mass is 9.95. The summed E-state index contributed by atoms with van der Waals surface area (Å²) in [6, 6.07) is 0. The minimum absolute atomic E-state index is 0.433. The highest BCUT2D eigenvalue weighted by Crippen LogP contribution is 2.15. The maximum atomic E-state index is 2.44. The van der Waals surface area contributed by atoms with Crippen molar-refractivity contribution in [1.82, 2.24) is 4.90 Å². The highest BCUT2D eigenvalue weighted by molar-refractivity contribution is 4.67. The van der Waals surface area contributed by atoms with Gasteiger partial charge in [-0.05, 0) is 18.4 Å². The standard InChI is InChI=1S/C11H25N/c1-7-10(2)8-12(6)9-11(3,4)5/h10H,7-9H2,1-6H3/t10-/m0/s1. The predicted octanol–water partition coefficient (Wildman–Crippen LogP) is 3.01. The summed E-state index contributed by atoms with van der Waals surface area (Å²) < 4.78 is 0. The largest absolute Gasteiger partial charge is 0.306 e. The lowest BCUT2D eigenvalue weighted by molar-refractivity contribution is 0.202. The molecule has 0 aliphatic carbocycles. The highest BCUT2D eigenvalue weighted by atomic mass is 15.1. The molecular formula is C11H25N. The quantitative estimate of drug-likeness (QED) is 0.628. The second-order valence-corrected chi connectivity index (χ2v) is 5.27. The molecule has 1 nitrogen and oxygen atoms in total. The van der Waals surface area contributed by atoms with Crippen molar-refractivity contribution < 1.29 is 0 Å². The Hall–Kier alpha value is -0.0400. The summed E-state index contributed by atoms with van der Waals surface area (Å²) in [7, 11) is 2.22. The molecule has 12 heavy (non-hydrogen) atoms. The van der Waals surface area contributed by atoms with Gasteiger partial charge in [0.25, 0.3) is 0 Å². The summed E-state index contributed by atoms with van der Waals surface area (Å²) >= 11 is 0. The van der Waals surface area contributed by atoms with Gasteiger partial charge in [-0.2, -0.15) is 0 Å². The van der Waals surface area contributed by atoms with Crippen LogP contribution in [-0.2, 0) is 0 Å². The Bertz CT molecular complexity index is 113. The van der Waals surface area contributed by atoms with Crippen LogP contribution in [0, 0.1) is 11.3 Å². The Balaban J connectivity index is 3.66. The van der Waals surface area contributed by atoms with Crippen molar-refractivity contribution in [2.24, 2.45) is 11.3 Å². The zero-order valence-corrected chi connectivity index (χ0v) is 9.65. The summed E-state index contributed by atoms with van der Waals surface area (Å²) in [5, 5.41) is 0. The topological polar surface area (TPSA) is 3.24 Å². The Morgan fingerprint density at radius 3 is 2.08 bits per heavy atom. The average Bonchev–Trinajstić information content (AvgIpc) is 1.82. The molecule has 74 valence electrons. The van der Waals surface area contributed by atoms with Gasteiger partial charge in [-0.15, -0.1) is 0 Å². The maximum Gasteiger partial charge on any atom is 0.00271 e. The van der Waals surface area contributed by atoms with Crippen LogP contribution < -0.4 is 0 Å². The van der Waals surface area contributed by atoms with Gasteiger partial charge in [0, 0.05) is 13.1 Å². The molecule has 0 aliphatic rings. The Labute approximate surface area is 78.1 Å². The van der Waals surface area contributed by atoms with E-state index in [-0.39, 0.29) is 0 Å². The van der Waals surface area contributed by atoms with Crippen molar-refractivity contribution >= 4 is 0 Å². The first-order chi connectivity index (χ1) is 5.35. The molecule has 0 spiro atoms. The fourth-order valence-corrected chi connectivity index (χ4v) is 1.54. The molecular weight excluding hydrogens is 146 g/mol. The van der Waals surface area contributed by atoms with E-state index >= 15 is 0 Å². The van der Waals surface area contributed by atoms with E-state index in [1.807, 2.05) is 0 Å². The van der Waals surface area contributed by atoms with Gasteiger partial charge in [0.2, 0.25) is 0 Å². The van der Waals surface area contributed by atoms with Crippen molar-refractivity contribution in [2.45, 2.75) is 41.0 Å². The smallest absolute Gasteiger partial charge is 0.00271 e. The van der Waals surface area contributed by atoms with Crippen LogP contribution in [0.5, 0.6) is 0 Å². The minimum Gasteiger partial charge on any atom is -0.306 e. The van der Waals surface area contributed by atoms with Crippen LogP contribution in [0.4, 0.5) is 0 Å². The van der Waals surface area contributed by atoms with Gasteiger partial charge in [0.1, 0.15) is 0 Å². The van der Waals surface area contributed by atoms with Gasteiger partial charge in [-0.1, -0.05) is 41.0 Å². The molecule has 0 unspecified atom stereocenters. The van der Waals surface area contributed by atoms with Gasteiger partial charge in [-0.25, -0.2) is 0 Å². The molecule has 0 bridgehead atoms. The van der Waals surface area contributed by atoms with E-state index in [0.29, 0.717) is 5.41 Å². The number of nitrogens with zero attached hydrogens (tertiary/aromatic N) is 1. The van der Waals surface area contributed by atoms with Gasteiger partial charge in [-0.3, -0.25) is 0 Å². The van der Waals surface area contributed by atoms with E-state index in [2.05, 4.69) is 46.6 Å². The number of rotatable bonds is 4. The lowest BCUT2D eigenvalue weighted by Gasteiger charge is -2.28. The zero-order valence-electron chi connectivity index (χ0n) is 9.65. The van der Waals surface area contributed by atoms with E-state index < -0.39 is 0 Å². The highest BCUT2D eigenvalue weighted by Gasteiger charge is 2.14. The molecule has 0 aromatic heterocycles. The number of hydrogen-bond acceptors (Lipinski definition) is 1. The first kappa shape index (κ1) is 12.0. The maximum absolute atomic E-state index is 2.44. The van der Waals surface area contributed by atoms with Crippen molar-refractivity contribution in [1.29, 1.82) is 0 Å². The normalized spacial score (nSPS) is 15.2. The van der Waals surface area contributed by atoms with E-state index in [0.717, 1.165) is 5.92 Å². The third-order valence-electron chi connectivity index (χ3n) is 2.06. The third-order valence-corrected chi connectivity index (χ3v) is 2.06. The molecule has 1 atom stereocenters. The van der Waals surface area contributed by atoms with Crippen LogP contribution in [-0.4, -0.2) is 25.0 Å². The zero-order chi connectivity index (χ0) is 9.78. The summed E-state index contributed by atoms with van der Waals surface area (Å²) in [5.41, 5.74) is 0.433. The van der Waals surface area contributed by atoms with Gasteiger partial charge in [0.15, 0.2) is 0 Å². The monoisotopic (exact) mass is 171 g/mol. The van der Waals surface area contributed by atoms with Crippen molar-refractivity contribution in [3.05, 3.63) is 0 Å². The summed E-state index contributed by atoms with van der Waals surface area (Å²) in [5.74, 6) is 0.831. The molecule has 0 aromatic carbocycles. The molecule has 0 N–H and O–H groups in total. The first-order valence-corrected chi connectivity index (χ1v) is 5.03. The fourth-order valence-electron chi connectivity index (χ4n) is 1.54. The summed E-state index contributed by atoms with van der Waals surface area (Å²) in [6.07, 6.45) is 1.29. The van der Waals surface area contributed by atoms with Gasteiger partial charge >= 0.3 is 0 Å². The van der Waals surface area contributed by atoms with Gasteiger partial charge < -0.3 is 4.90 Å². The predicted molar refractivity (Wildman–Crippen MR) is 56.4 cm³/mol. The van der Waals surface area contributed by atoms with Crippen molar-refractivity contribution in [2.75, 3.05) is 20.1 Å². The van der Waals surface area contributed by atoms with Crippen LogP contribution in [0.15, 0.2) is 0 Å². The van der Waals surface area contributed by atoms with Crippen molar-refractivity contribution in [3.8, 4) is 0 Å². The Kier molecular flexibility index (Phi) is 4.84. The van der Waals surface area contributed by atoms with E-state index in [1.165, 1.54) is 19.5 Å². The molecule has 0 aliphatic heterocycles. The fraction of sp³-hybridized carbons (Fsp3) is 1.00. The minimum atomic E-state index is 0.433. The summed E-state index contributed by atoms with van der Waals surface area (Å²) in [6.45, 7) is 13.9. The van der Waals surface area contributed by atoms with E-state index in [4.69, 9.17) is 0 Å². The Morgan fingerprint density at radius 2 is 1.75 bits per heavy atom. The van der Waals surface area contributed by atoms with Crippen LogP contribution in [0.3, 0.4) is 0 Å². The second-order valence-electron chi connectivity index (χ2n) is 5.27. The SMILES string of the molecule is CC[C@H](C)CN(C)CC(C)(C)C. The number of hydrogen-bond donors (Lipinski definition) is 0. The molecule has 0 heterocycles. The van der Waals surface area contributed by atoms with Crippen LogP contribution >= 0.6 is 0 Å². The third kappa shape index (κ3) is 6.66. The van der Waals surface area contributed by atoms with E-state index in [9.17, 15) is 0 Å². The second kappa shape index (κ2) is 4.86. The molecule has 0 rings (SSSR count). The molecule has 0 amide bonds.